The number of hydrogen-bond acceptors (Lipinski definition) is 6. The minimum Gasteiger partial charge on any atom is -0.379 e. The zero-order chi connectivity index (χ0) is 18.8. The molecule has 27 heavy (non-hydrogen) atoms. The largest absolute Gasteiger partial charge is 0.379 e. The highest BCUT2D eigenvalue weighted by Gasteiger charge is 2.31. The average Bonchev–Trinajstić information content (AvgIpc) is 3.42. The van der Waals surface area contributed by atoms with Crippen LogP contribution >= 0.6 is 34.0 Å². The molecule has 0 saturated carbocycles. The minimum absolute atomic E-state index is 0.0283. The van der Waals surface area contributed by atoms with Crippen molar-refractivity contribution in [2.75, 3.05) is 31.6 Å². The normalized spacial score (nSPS) is 16.4. The molecule has 3 aromatic rings. The van der Waals surface area contributed by atoms with Crippen LogP contribution in [0.3, 0.4) is 0 Å². The molecular formula is C20H22N2O2S3. The highest BCUT2D eigenvalue weighted by atomic mass is 32.1. The predicted molar refractivity (Wildman–Crippen MR) is 115 cm³/mol. The second-order valence-corrected chi connectivity index (χ2v) is 9.68. The molecule has 1 saturated heterocycles. The van der Waals surface area contributed by atoms with Gasteiger partial charge in [-0.25, -0.2) is 0 Å². The summed E-state index contributed by atoms with van der Waals surface area (Å²) in [5.41, 5.74) is 2.50. The fraction of sp³-hybridized carbons (Fsp3) is 0.350. The molecule has 4 nitrogen and oxygen atoms in total. The lowest BCUT2D eigenvalue weighted by Crippen LogP contribution is -2.39. The van der Waals surface area contributed by atoms with Crippen LogP contribution in [-0.4, -0.2) is 37.1 Å². The number of hydrogen-bond donors (Lipinski definition) is 1. The molecule has 0 spiro atoms. The summed E-state index contributed by atoms with van der Waals surface area (Å²) in [6, 6.07) is 8.23. The van der Waals surface area contributed by atoms with Crippen LogP contribution in [0.2, 0.25) is 0 Å². The van der Waals surface area contributed by atoms with Crippen LogP contribution < -0.4 is 5.32 Å². The van der Waals surface area contributed by atoms with E-state index < -0.39 is 0 Å². The first-order valence-electron chi connectivity index (χ1n) is 8.95. The summed E-state index contributed by atoms with van der Waals surface area (Å²) >= 11 is 4.92. The molecule has 0 unspecified atom stereocenters. The van der Waals surface area contributed by atoms with E-state index in [1.54, 1.807) is 22.7 Å². The number of nitrogens with zero attached hydrogens (tertiary/aromatic N) is 1. The maximum Gasteiger partial charge on any atom is 0.266 e. The van der Waals surface area contributed by atoms with Gasteiger partial charge in [-0.1, -0.05) is 12.1 Å². The fourth-order valence-corrected chi connectivity index (χ4v) is 6.00. The van der Waals surface area contributed by atoms with Crippen molar-refractivity contribution >= 4 is 44.9 Å². The Morgan fingerprint density at radius 2 is 1.89 bits per heavy atom. The van der Waals surface area contributed by atoms with Crippen LogP contribution in [0.1, 0.15) is 36.6 Å². The van der Waals surface area contributed by atoms with Crippen molar-refractivity contribution in [3.05, 3.63) is 60.8 Å². The Labute approximate surface area is 171 Å². The second kappa shape index (κ2) is 8.24. The zero-order valence-corrected chi connectivity index (χ0v) is 17.8. The molecule has 1 atom stereocenters. The Kier molecular flexibility index (Phi) is 5.75. The van der Waals surface area contributed by atoms with Crippen molar-refractivity contribution in [1.29, 1.82) is 0 Å². The molecule has 4 heterocycles. The summed E-state index contributed by atoms with van der Waals surface area (Å²) in [7, 11) is 0. The van der Waals surface area contributed by atoms with E-state index >= 15 is 0 Å². The third kappa shape index (κ3) is 3.88. The third-order valence-corrected chi connectivity index (χ3v) is 7.83. The molecular weight excluding hydrogens is 396 g/mol. The van der Waals surface area contributed by atoms with Gasteiger partial charge in [-0.3, -0.25) is 9.69 Å². The third-order valence-electron chi connectivity index (χ3n) is 4.90. The van der Waals surface area contributed by atoms with E-state index in [0.717, 1.165) is 36.2 Å². The number of morpholine rings is 1. The van der Waals surface area contributed by atoms with E-state index in [1.165, 1.54) is 32.2 Å². The lowest BCUT2D eigenvalue weighted by molar-refractivity contribution is 0.0246. The Morgan fingerprint density at radius 3 is 2.56 bits per heavy atom. The molecule has 142 valence electrons. The highest BCUT2D eigenvalue weighted by Crippen LogP contribution is 2.43. The summed E-state index contributed by atoms with van der Waals surface area (Å²) in [6.07, 6.45) is 0. The number of nitrogens with one attached hydrogen (secondary N) is 1. The van der Waals surface area contributed by atoms with Crippen LogP contribution in [0.5, 0.6) is 0 Å². The summed E-state index contributed by atoms with van der Waals surface area (Å²) in [5.74, 6) is -0.0283. The van der Waals surface area contributed by atoms with Gasteiger partial charge in [0, 0.05) is 28.4 Å². The molecule has 4 rings (SSSR count). The van der Waals surface area contributed by atoms with Gasteiger partial charge in [0.1, 0.15) is 5.00 Å². The number of aryl methyl sites for hydroxylation is 1. The van der Waals surface area contributed by atoms with E-state index in [2.05, 4.69) is 41.6 Å². The SMILES string of the molecule is Cc1sc(NC(=O)c2cccs2)c([C@H](c2cccs2)N2CCOCC2)c1C. The number of anilines is 1. The average molecular weight is 419 g/mol. The van der Waals surface area contributed by atoms with E-state index in [0.29, 0.717) is 0 Å². The smallest absolute Gasteiger partial charge is 0.266 e. The summed E-state index contributed by atoms with van der Waals surface area (Å²) < 4.78 is 5.58. The van der Waals surface area contributed by atoms with Gasteiger partial charge in [0.15, 0.2) is 0 Å². The lowest BCUT2D eigenvalue weighted by atomic mass is 10.00. The summed E-state index contributed by atoms with van der Waals surface area (Å²) in [5, 5.41) is 8.22. The first kappa shape index (κ1) is 18.8. The number of carbonyl (C=O) groups excluding carboxylic acids is 1. The quantitative estimate of drug-likeness (QED) is 0.622. The van der Waals surface area contributed by atoms with E-state index in [1.807, 2.05) is 17.5 Å². The van der Waals surface area contributed by atoms with Crippen LogP contribution in [0, 0.1) is 13.8 Å². The molecule has 3 aromatic heterocycles. The Balaban J connectivity index is 1.74. The number of carbonyl (C=O) groups is 1. The van der Waals surface area contributed by atoms with E-state index in [-0.39, 0.29) is 11.9 Å². The van der Waals surface area contributed by atoms with Gasteiger partial charge in [0.25, 0.3) is 5.91 Å². The molecule has 1 aliphatic heterocycles. The zero-order valence-electron chi connectivity index (χ0n) is 15.4. The molecule has 1 aliphatic rings. The maximum atomic E-state index is 12.7. The van der Waals surface area contributed by atoms with Crippen molar-refractivity contribution < 1.29 is 9.53 Å². The van der Waals surface area contributed by atoms with Crippen LogP contribution in [-0.2, 0) is 4.74 Å². The highest BCUT2D eigenvalue weighted by molar-refractivity contribution is 7.17. The van der Waals surface area contributed by atoms with Crippen LogP contribution in [0.15, 0.2) is 35.0 Å². The first-order chi connectivity index (χ1) is 13.1. The van der Waals surface area contributed by atoms with E-state index in [9.17, 15) is 4.79 Å². The van der Waals surface area contributed by atoms with Gasteiger partial charge in [0.2, 0.25) is 0 Å². The van der Waals surface area contributed by atoms with Crippen molar-refractivity contribution in [2.24, 2.45) is 0 Å². The molecule has 1 N–H and O–H groups in total. The molecule has 0 bridgehead atoms. The second-order valence-electron chi connectivity index (χ2n) is 6.52. The van der Waals surface area contributed by atoms with Crippen molar-refractivity contribution in [1.82, 2.24) is 4.90 Å². The van der Waals surface area contributed by atoms with Gasteiger partial charge in [-0.15, -0.1) is 34.0 Å². The van der Waals surface area contributed by atoms with Crippen LogP contribution in [0.25, 0.3) is 0 Å². The van der Waals surface area contributed by atoms with Gasteiger partial charge in [0.05, 0.1) is 24.1 Å². The van der Waals surface area contributed by atoms with Crippen LogP contribution in [0.4, 0.5) is 5.00 Å². The summed E-state index contributed by atoms with van der Waals surface area (Å²) in [4.78, 5) is 18.5. The molecule has 0 aromatic carbocycles. The minimum atomic E-state index is -0.0283. The van der Waals surface area contributed by atoms with Crippen molar-refractivity contribution in [3.8, 4) is 0 Å². The lowest BCUT2D eigenvalue weighted by Gasteiger charge is -2.35. The first-order valence-corrected chi connectivity index (χ1v) is 11.5. The van der Waals surface area contributed by atoms with Crippen molar-refractivity contribution in [3.63, 3.8) is 0 Å². The number of ether oxygens (including phenoxy) is 1. The Hall–Kier alpha value is -1.51. The number of thiophene rings is 3. The monoisotopic (exact) mass is 418 g/mol. The molecule has 1 fully saturated rings. The standard InChI is InChI=1S/C20H22N2O2S3/c1-13-14(2)27-20(21-19(23)16-6-4-12-26-16)17(13)18(15-5-3-11-25-15)22-7-9-24-10-8-22/h3-6,11-12,18H,7-10H2,1-2H3,(H,21,23)/t18-/m0/s1. The predicted octanol–water partition coefficient (Wildman–Crippen LogP) is 5.16. The Morgan fingerprint density at radius 1 is 1.15 bits per heavy atom. The van der Waals surface area contributed by atoms with Gasteiger partial charge < -0.3 is 10.1 Å². The maximum absolute atomic E-state index is 12.7. The van der Waals surface area contributed by atoms with E-state index in [4.69, 9.17) is 4.74 Å². The van der Waals surface area contributed by atoms with Gasteiger partial charge in [-0.2, -0.15) is 0 Å². The molecule has 0 radical (unpaired) electrons. The number of rotatable bonds is 5. The van der Waals surface area contributed by atoms with Gasteiger partial charge in [-0.05, 0) is 42.3 Å². The molecule has 7 heteroatoms. The topological polar surface area (TPSA) is 41.6 Å². The van der Waals surface area contributed by atoms with Crippen molar-refractivity contribution in [2.45, 2.75) is 19.9 Å². The molecule has 1 amide bonds. The van der Waals surface area contributed by atoms with Gasteiger partial charge >= 0.3 is 0 Å². The Bertz CT molecular complexity index is 894. The summed E-state index contributed by atoms with van der Waals surface area (Å²) in [6.45, 7) is 7.60. The number of amides is 1. The fourth-order valence-electron chi connectivity index (χ4n) is 3.43. The molecule has 0 aliphatic carbocycles.